The molecular formula is C27H32N4O4. The SMILES string of the molecule is Cc1nc(N2CCOCC2)[nH]c(=O)c1CCC(=O)NCc1ccc(COCc2ccccc2)cc1. The summed E-state index contributed by atoms with van der Waals surface area (Å²) in [5, 5.41) is 2.93. The van der Waals surface area contributed by atoms with Gasteiger partial charge in [-0.3, -0.25) is 14.6 Å². The Balaban J connectivity index is 1.21. The number of aromatic amines is 1. The number of nitrogens with zero attached hydrogens (tertiary/aromatic N) is 2. The van der Waals surface area contributed by atoms with Crippen molar-refractivity contribution in [3.8, 4) is 0 Å². The molecule has 1 aliphatic rings. The van der Waals surface area contributed by atoms with Crippen LogP contribution in [0.15, 0.2) is 59.4 Å². The minimum absolute atomic E-state index is 0.101. The summed E-state index contributed by atoms with van der Waals surface area (Å²) in [4.78, 5) is 34.4. The lowest BCUT2D eigenvalue weighted by Gasteiger charge is -2.27. The lowest BCUT2D eigenvalue weighted by Crippen LogP contribution is -2.38. The molecule has 184 valence electrons. The van der Waals surface area contributed by atoms with Gasteiger partial charge in [0.25, 0.3) is 5.56 Å². The van der Waals surface area contributed by atoms with Gasteiger partial charge in [-0.2, -0.15) is 0 Å². The van der Waals surface area contributed by atoms with Crippen LogP contribution < -0.4 is 15.8 Å². The van der Waals surface area contributed by atoms with E-state index in [1.807, 2.05) is 66.4 Å². The van der Waals surface area contributed by atoms with Gasteiger partial charge in [0.2, 0.25) is 11.9 Å². The number of hydrogen-bond donors (Lipinski definition) is 2. The molecule has 0 atom stereocenters. The van der Waals surface area contributed by atoms with E-state index in [0.717, 1.165) is 16.7 Å². The molecule has 1 aliphatic heterocycles. The Hall–Kier alpha value is -3.49. The number of H-pyrrole nitrogens is 1. The Bertz CT molecular complexity index is 1160. The number of benzene rings is 2. The molecule has 8 nitrogen and oxygen atoms in total. The Morgan fingerprint density at radius 1 is 1.03 bits per heavy atom. The Kier molecular flexibility index (Phi) is 8.64. The molecule has 8 heteroatoms. The molecule has 1 fully saturated rings. The van der Waals surface area contributed by atoms with E-state index in [4.69, 9.17) is 9.47 Å². The predicted octanol–water partition coefficient (Wildman–Crippen LogP) is 2.88. The summed E-state index contributed by atoms with van der Waals surface area (Å²) >= 11 is 0. The Morgan fingerprint density at radius 2 is 1.69 bits per heavy atom. The third-order valence-electron chi connectivity index (χ3n) is 6.02. The number of ether oxygens (including phenoxy) is 2. The summed E-state index contributed by atoms with van der Waals surface area (Å²) in [6.45, 7) is 6.01. The average Bonchev–Trinajstić information content (AvgIpc) is 2.89. The highest BCUT2D eigenvalue weighted by molar-refractivity contribution is 5.76. The summed E-state index contributed by atoms with van der Waals surface area (Å²) in [6, 6.07) is 18.1. The number of amides is 1. The van der Waals surface area contributed by atoms with Gasteiger partial charge in [-0.15, -0.1) is 0 Å². The molecule has 0 radical (unpaired) electrons. The Labute approximate surface area is 205 Å². The molecule has 0 spiro atoms. The van der Waals surface area contributed by atoms with Crippen LogP contribution in [-0.4, -0.2) is 42.2 Å². The van der Waals surface area contributed by atoms with Crippen LogP contribution >= 0.6 is 0 Å². The number of carbonyl (C=O) groups excluding carboxylic acids is 1. The second-order valence-corrected chi connectivity index (χ2v) is 8.62. The van der Waals surface area contributed by atoms with Crippen LogP contribution in [0.5, 0.6) is 0 Å². The van der Waals surface area contributed by atoms with Gasteiger partial charge in [-0.05, 0) is 30.0 Å². The van der Waals surface area contributed by atoms with Crippen LogP contribution in [0.1, 0.15) is 34.4 Å². The minimum atomic E-state index is -0.183. The lowest BCUT2D eigenvalue weighted by molar-refractivity contribution is -0.121. The second-order valence-electron chi connectivity index (χ2n) is 8.62. The van der Waals surface area contributed by atoms with Gasteiger partial charge >= 0.3 is 0 Å². The number of hydrogen-bond acceptors (Lipinski definition) is 6. The number of carbonyl (C=O) groups is 1. The standard InChI is InChI=1S/C27H32N4O4/c1-20-24(26(33)30-27(29-20)31-13-15-34-16-14-31)11-12-25(32)28-17-21-7-9-23(10-8-21)19-35-18-22-5-3-2-4-6-22/h2-10H,11-19H2,1H3,(H,28,32)(H,29,30,33). The van der Waals surface area contributed by atoms with Crippen molar-refractivity contribution in [3.63, 3.8) is 0 Å². The zero-order valence-electron chi connectivity index (χ0n) is 20.1. The maximum atomic E-state index is 12.6. The third-order valence-corrected chi connectivity index (χ3v) is 6.02. The van der Waals surface area contributed by atoms with Crippen LogP contribution in [0.2, 0.25) is 0 Å². The van der Waals surface area contributed by atoms with Crippen molar-refractivity contribution in [2.24, 2.45) is 0 Å². The minimum Gasteiger partial charge on any atom is -0.378 e. The molecule has 0 unspecified atom stereocenters. The number of nitrogens with one attached hydrogen (secondary N) is 2. The van der Waals surface area contributed by atoms with E-state index in [2.05, 4.69) is 15.3 Å². The molecule has 0 saturated carbocycles. The first kappa shape index (κ1) is 24.6. The molecule has 2 heterocycles. The van der Waals surface area contributed by atoms with Gasteiger partial charge in [0, 0.05) is 37.3 Å². The van der Waals surface area contributed by atoms with Crippen molar-refractivity contribution >= 4 is 11.9 Å². The number of anilines is 1. The summed E-state index contributed by atoms with van der Waals surface area (Å²) in [5.41, 5.74) is 4.27. The zero-order chi connectivity index (χ0) is 24.5. The number of aromatic nitrogens is 2. The van der Waals surface area contributed by atoms with Crippen molar-refractivity contribution in [3.05, 3.63) is 92.9 Å². The zero-order valence-corrected chi connectivity index (χ0v) is 20.1. The van der Waals surface area contributed by atoms with Gasteiger partial charge in [0.15, 0.2) is 0 Å². The lowest BCUT2D eigenvalue weighted by atomic mass is 10.1. The monoisotopic (exact) mass is 476 g/mol. The number of rotatable bonds is 10. The van der Waals surface area contributed by atoms with Gasteiger partial charge in [-0.1, -0.05) is 54.6 Å². The first-order valence-electron chi connectivity index (χ1n) is 12.0. The average molecular weight is 477 g/mol. The predicted molar refractivity (Wildman–Crippen MR) is 134 cm³/mol. The topological polar surface area (TPSA) is 96.6 Å². The second kappa shape index (κ2) is 12.3. The van der Waals surface area contributed by atoms with E-state index in [9.17, 15) is 9.59 Å². The fourth-order valence-electron chi connectivity index (χ4n) is 3.96. The first-order chi connectivity index (χ1) is 17.1. The van der Waals surface area contributed by atoms with Crippen LogP contribution in [0, 0.1) is 6.92 Å². The largest absolute Gasteiger partial charge is 0.378 e. The third kappa shape index (κ3) is 7.24. The molecule has 0 aliphatic carbocycles. The summed E-state index contributed by atoms with van der Waals surface area (Å²) in [7, 11) is 0. The summed E-state index contributed by atoms with van der Waals surface area (Å²) < 4.78 is 11.1. The van der Waals surface area contributed by atoms with E-state index in [-0.39, 0.29) is 17.9 Å². The van der Waals surface area contributed by atoms with Gasteiger partial charge in [-0.25, -0.2) is 4.98 Å². The van der Waals surface area contributed by atoms with E-state index >= 15 is 0 Å². The highest BCUT2D eigenvalue weighted by atomic mass is 16.5. The quantitative estimate of drug-likeness (QED) is 0.467. The van der Waals surface area contributed by atoms with Crippen LogP contribution in [-0.2, 0) is 40.4 Å². The van der Waals surface area contributed by atoms with E-state index in [0.29, 0.717) is 69.7 Å². The molecule has 2 N–H and O–H groups in total. The number of aryl methyl sites for hydroxylation is 1. The molecule has 3 aromatic rings. The van der Waals surface area contributed by atoms with E-state index < -0.39 is 0 Å². The highest BCUT2D eigenvalue weighted by Crippen LogP contribution is 2.12. The fourth-order valence-corrected chi connectivity index (χ4v) is 3.96. The Morgan fingerprint density at radius 3 is 2.37 bits per heavy atom. The van der Waals surface area contributed by atoms with E-state index in [1.165, 1.54) is 0 Å². The van der Waals surface area contributed by atoms with Crippen molar-refractivity contribution < 1.29 is 14.3 Å². The maximum absolute atomic E-state index is 12.6. The summed E-state index contributed by atoms with van der Waals surface area (Å²) in [5.74, 6) is 0.467. The van der Waals surface area contributed by atoms with E-state index in [1.54, 1.807) is 0 Å². The van der Waals surface area contributed by atoms with Crippen molar-refractivity contribution in [1.82, 2.24) is 15.3 Å². The summed E-state index contributed by atoms with van der Waals surface area (Å²) in [6.07, 6.45) is 0.578. The van der Waals surface area contributed by atoms with Crippen LogP contribution in [0.3, 0.4) is 0 Å². The van der Waals surface area contributed by atoms with Gasteiger partial charge in [0.05, 0.1) is 26.4 Å². The molecule has 1 amide bonds. The molecule has 2 aromatic carbocycles. The molecule has 1 saturated heterocycles. The van der Waals surface area contributed by atoms with Crippen molar-refractivity contribution in [2.45, 2.75) is 39.5 Å². The smallest absolute Gasteiger partial charge is 0.255 e. The fraction of sp³-hybridized carbons (Fsp3) is 0.370. The van der Waals surface area contributed by atoms with Crippen molar-refractivity contribution in [2.75, 3.05) is 31.2 Å². The van der Waals surface area contributed by atoms with Crippen LogP contribution in [0.25, 0.3) is 0 Å². The molecule has 0 bridgehead atoms. The van der Waals surface area contributed by atoms with Crippen LogP contribution in [0.4, 0.5) is 5.95 Å². The van der Waals surface area contributed by atoms with Gasteiger partial charge in [0.1, 0.15) is 0 Å². The highest BCUT2D eigenvalue weighted by Gasteiger charge is 2.16. The normalized spacial score (nSPS) is 13.6. The van der Waals surface area contributed by atoms with Crippen molar-refractivity contribution in [1.29, 1.82) is 0 Å². The first-order valence-corrected chi connectivity index (χ1v) is 12.0. The number of morpholine rings is 1. The molecular weight excluding hydrogens is 444 g/mol. The molecule has 4 rings (SSSR count). The molecule has 1 aromatic heterocycles. The van der Waals surface area contributed by atoms with Gasteiger partial charge < -0.3 is 19.7 Å². The maximum Gasteiger partial charge on any atom is 0.255 e. The molecule has 35 heavy (non-hydrogen) atoms.